The summed E-state index contributed by atoms with van der Waals surface area (Å²) in [6.45, 7) is 2.32. The number of thiazole rings is 1. The Morgan fingerprint density at radius 3 is 3.05 bits per heavy atom. The van der Waals surface area contributed by atoms with E-state index in [1.807, 2.05) is 0 Å². The Hall–Kier alpha value is -1.38. The minimum Gasteiger partial charge on any atom is -0.396 e. The van der Waals surface area contributed by atoms with Crippen molar-refractivity contribution in [2.45, 2.75) is 31.7 Å². The second-order valence-electron chi connectivity index (χ2n) is 5.25. The Morgan fingerprint density at radius 1 is 1.52 bits per heavy atom. The number of aliphatic hydroxyl groups is 1. The van der Waals surface area contributed by atoms with Gasteiger partial charge in [-0.3, -0.25) is 4.79 Å². The minimum absolute atomic E-state index is 0.137. The smallest absolute Gasteiger partial charge is 0.265 e. The van der Waals surface area contributed by atoms with Crippen molar-refractivity contribution >= 4 is 28.2 Å². The molecule has 1 fully saturated rings. The molecule has 1 atom stereocenters. The number of hydrogen-bond donors (Lipinski definition) is 4. The van der Waals surface area contributed by atoms with Crippen LogP contribution >= 0.6 is 11.3 Å². The number of nitrogens with one attached hydrogen (secondary N) is 1. The molecular formula is C13H23N5O2S. The van der Waals surface area contributed by atoms with Crippen LogP contribution in [0.2, 0.25) is 0 Å². The molecule has 1 aliphatic rings. The number of nitrogens with two attached hydrogens (primary N) is 2. The van der Waals surface area contributed by atoms with Crippen LogP contribution < -0.4 is 21.7 Å². The zero-order chi connectivity index (χ0) is 15.2. The maximum atomic E-state index is 12.1. The number of amides is 1. The van der Waals surface area contributed by atoms with E-state index in [1.165, 1.54) is 11.3 Å². The number of anilines is 2. The summed E-state index contributed by atoms with van der Waals surface area (Å²) in [6, 6.07) is 0.152. The van der Waals surface area contributed by atoms with Gasteiger partial charge in [0.25, 0.3) is 5.91 Å². The molecule has 0 saturated carbocycles. The number of unbranched alkanes of at least 4 members (excludes halogenated alkanes) is 1. The molecule has 1 aromatic rings. The molecule has 1 aliphatic heterocycles. The molecule has 0 radical (unpaired) electrons. The van der Waals surface area contributed by atoms with Gasteiger partial charge in [-0.25, -0.2) is 4.98 Å². The molecule has 2 rings (SSSR count). The summed E-state index contributed by atoms with van der Waals surface area (Å²) in [6.07, 6.45) is 3.48. The first-order valence-corrected chi connectivity index (χ1v) is 8.09. The van der Waals surface area contributed by atoms with E-state index in [9.17, 15) is 4.79 Å². The van der Waals surface area contributed by atoms with Crippen LogP contribution in [0.15, 0.2) is 0 Å². The number of hydrogen-bond acceptors (Lipinski definition) is 7. The zero-order valence-corrected chi connectivity index (χ0v) is 12.9. The fourth-order valence-electron chi connectivity index (χ4n) is 2.32. The molecule has 21 heavy (non-hydrogen) atoms. The fourth-order valence-corrected chi connectivity index (χ4v) is 3.26. The molecule has 118 valence electrons. The highest BCUT2D eigenvalue weighted by atomic mass is 32.1. The highest BCUT2D eigenvalue weighted by molar-refractivity contribution is 7.18. The first kappa shape index (κ1) is 16.0. The lowest BCUT2D eigenvalue weighted by Gasteiger charge is -2.30. The molecule has 0 aliphatic carbocycles. The number of piperidine rings is 1. The summed E-state index contributed by atoms with van der Waals surface area (Å²) in [5.74, 6) is 0.0734. The van der Waals surface area contributed by atoms with Crippen LogP contribution in [-0.2, 0) is 0 Å². The van der Waals surface area contributed by atoms with E-state index in [0.717, 1.165) is 37.5 Å². The fraction of sp³-hybridized carbons (Fsp3) is 0.692. The van der Waals surface area contributed by atoms with Gasteiger partial charge in [0.05, 0.1) is 0 Å². The Labute approximate surface area is 128 Å². The number of nitrogens with zero attached hydrogens (tertiary/aromatic N) is 2. The van der Waals surface area contributed by atoms with Crippen LogP contribution in [-0.4, -0.2) is 48.3 Å². The summed E-state index contributed by atoms with van der Waals surface area (Å²) in [7, 11) is 0. The summed E-state index contributed by atoms with van der Waals surface area (Å²) < 4.78 is 0. The molecule has 2 heterocycles. The Kier molecular flexibility index (Phi) is 5.77. The second-order valence-corrected chi connectivity index (χ2v) is 6.22. The monoisotopic (exact) mass is 313 g/mol. The molecule has 8 heteroatoms. The summed E-state index contributed by atoms with van der Waals surface area (Å²) in [4.78, 5) is 18.9. The highest BCUT2D eigenvalue weighted by Crippen LogP contribution is 2.29. The van der Waals surface area contributed by atoms with Crippen molar-refractivity contribution in [2.24, 2.45) is 5.73 Å². The molecule has 1 aromatic heterocycles. The van der Waals surface area contributed by atoms with Gasteiger partial charge in [-0.05, 0) is 25.7 Å². The van der Waals surface area contributed by atoms with Crippen LogP contribution in [0.25, 0.3) is 0 Å². The van der Waals surface area contributed by atoms with E-state index in [4.69, 9.17) is 16.6 Å². The van der Waals surface area contributed by atoms with Crippen molar-refractivity contribution in [3.63, 3.8) is 0 Å². The quantitative estimate of drug-likeness (QED) is 0.556. The lowest BCUT2D eigenvalue weighted by molar-refractivity contribution is 0.0957. The van der Waals surface area contributed by atoms with Crippen LogP contribution in [0.5, 0.6) is 0 Å². The topological polar surface area (TPSA) is 118 Å². The first-order valence-electron chi connectivity index (χ1n) is 7.27. The molecule has 1 unspecified atom stereocenters. The minimum atomic E-state index is -0.199. The van der Waals surface area contributed by atoms with Gasteiger partial charge in [-0.1, -0.05) is 11.3 Å². The molecule has 0 bridgehead atoms. The summed E-state index contributed by atoms with van der Waals surface area (Å²) in [5, 5.41) is 12.3. The van der Waals surface area contributed by atoms with Crippen molar-refractivity contribution in [1.29, 1.82) is 0 Å². The highest BCUT2D eigenvalue weighted by Gasteiger charge is 2.23. The van der Waals surface area contributed by atoms with Gasteiger partial charge in [-0.2, -0.15) is 0 Å². The standard InChI is InChI=1S/C13H23N5O2S/c14-9-4-3-6-18(8-9)13-17-11(15)10(21-13)12(20)16-5-1-2-7-19/h9,19H,1-8,14-15H2,(H,16,20). The lowest BCUT2D eigenvalue weighted by atomic mass is 10.1. The number of carbonyl (C=O) groups is 1. The van der Waals surface area contributed by atoms with Gasteiger partial charge in [0.15, 0.2) is 5.13 Å². The van der Waals surface area contributed by atoms with E-state index in [2.05, 4.69) is 15.2 Å². The maximum Gasteiger partial charge on any atom is 0.265 e. The lowest BCUT2D eigenvalue weighted by Crippen LogP contribution is -2.42. The van der Waals surface area contributed by atoms with Gasteiger partial charge in [0.1, 0.15) is 10.7 Å². The molecule has 0 spiro atoms. The van der Waals surface area contributed by atoms with Crippen molar-refractivity contribution in [1.82, 2.24) is 10.3 Å². The summed E-state index contributed by atoms with van der Waals surface area (Å²) >= 11 is 1.31. The largest absolute Gasteiger partial charge is 0.396 e. The SMILES string of the molecule is Nc1nc(N2CCCC(N)C2)sc1C(=O)NCCCCO. The van der Waals surface area contributed by atoms with Gasteiger partial charge in [0.2, 0.25) is 0 Å². The third kappa shape index (κ3) is 4.29. The maximum absolute atomic E-state index is 12.1. The predicted octanol–water partition coefficient (Wildman–Crippen LogP) is 0.155. The first-order chi connectivity index (χ1) is 10.1. The Bertz CT molecular complexity index is 479. The van der Waals surface area contributed by atoms with Crippen LogP contribution in [0.1, 0.15) is 35.4 Å². The van der Waals surface area contributed by atoms with Crippen LogP contribution in [0.4, 0.5) is 10.9 Å². The van der Waals surface area contributed by atoms with Crippen molar-refractivity contribution in [3.05, 3.63) is 4.88 Å². The van der Waals surface area contributed by atoms with E-state index in [-0.39, 0.29) is 24.4 Å². The van der Waals surface area contributed by atoms with Crippen molar-refractivity contribution in [3.8, 4) is 0 Å². The Balaban J connectivity index is 1.96. The number of aliphatic hydroxyl groups excluding tert-OH is 1. The molecule has 1 saturated heterocycles. The molecule has 1 amide bonds. The molecular weight excluding hydrogens is 290 g/mol. The summed E-state index contributed by atoms with van der Waals surface area (Å²) in [5.41, 5.74) is 11.8. The van der Waals surface area contributed by atoms with Crippen LogP contribution in [0.3, 0.4) is 0 Å². The molecule has 7 nitrogen and oxygen atoms in total. The third-order valence-electron chi connectivity index (χ3n) is 3.45. The van der Waals surface area contributed by atoms with Gasteiger partial charge in [-0.15, -0.1) is 0 Å². The Morgan fingerprint density at radius 2 is 2.33 bits per heavy atom. The average Bonchev–Trinajstić information content (AvgIpc) is 2.85. The number of aromatic nitrogens is 1. The van der Waals surface area contributed by atoms with Crippen LogP contribution in [0, 0.1) is 0 Å². The number of carbonyl (C=O) groups excluding carboxylic acids is 1. The van der Waals surface area contributed by atoms with Gasteiger partial charge >= 0.3 is 0 Å². The second kappa shape index (κ2) is 7.58. The molecule has 0 aromatic carbocycles. The predicted molar refractivity (Wildman–Crippen MR) is 84.6 cm³/mol. The molecule has 6 N–H and O–H groups in total. The van der Waals surface area contributed by atoms with Gasteiger partial charge in [0, 0.05) is 32.3 Å². The normalized spacial score (nSPS) is 18.8. The van der Waals surface area contributed by atoms with Crippen molar-refractivity contribution < 1.29 is 9.90 Å². The van der Waals surface area contributed by atoms with E-state index < -0.39 is 0 Å². The van der Waals surface area contributed by atoms with Crippen molar-refractivity contribution in [2.75, 3.05) is 36.9 Å². The van der Waals surface area contributed by atoms with E-state index >= 15 is 0 Å². The van der Waals surface area contributed by atoms with Gasteiger partial charge < -0.3 is 26.8 Å². The number of rotatable bonds is 6. The third-order valence-corrected chi connectivity index (χ3v) is 4.58. The average molecular weight is 313 g/mol. The number of nitrogen functional groups attached to an aromatic ring is 1. The van der Waals surface area contributed by atoms with E-state index in [0.29, 0.717) is 17.8 Å². The van der Waals surface area contributed by atoms with E-state index in [1.54, 1.807) is 0 Å². The zero-order valence-electron chi connectivity index (χ0n) is 12.0.